The normalized spacial score (nSPS) is 17.8. The number of rotatable bonds is 10. The first-order valence-corrected chi connectivity index (χ1v) is 10.6. The summed E-state index contributed by atoms with van der Waals surface area (Å²) in [6.45, 7) is 0.366. The minimum atomic E-state index is -1.03. The molecular formula is C24H28N2O5. The van der Waals surface area contributed by atoms with Gasteiger partial charge < -0.3 is 15.1 Å². The van der Waals surface area contributed by atoms with Gasteiger partial charge in [0, 0.05) is 6.54 Å². The van der Waals surface area contributed by atoms with Crippen LogP contribution in [0.2, 0.25) is 0 Å². The van der Waals surface area contributed by atoms with E-state index in [1.54, 1.807) is 0 Å². The first-order valence-electron chi connectivity index (χ1n) is 10.6. The second-order valence-corrected chi connectivity index (χ2v) is 7.85. The molecule has 0 aliphatic carbocycles. The number of amides is 1. The Labute approximate surface area is 181 Å². The van der Waals surface area contributed by atoms with Crippen LogP contribution in [0.25, 0.3) is 0 Å². The number of nitrogens with one attached hydrogen (secondary N) is 1. The minimum absolute atomic E-state index is 0.289. The van der Waals surface area contributed by atoms with E-state index in [1.807, 2.05) is 60.7 Å². The molecule has 1 heterocycles. The third-order valence-corrected chi connectivity index (χ3v) is 5.67. The molecule has 3 N–H and O–H groups in total. The van der Waals surface area contributed by atoms with E-state index in [4.69, 9.17) is 0 Å². The lowest BCUT2D eigenvalue weighted by Gasteiger charge is -2.29. The van der Waals surface area contributed by atoms with Crippen LogP contribution in [-0.2, 0) is 27.2 Å². The van der Waals surface area contributed by atoms with Crippen LogP contribution in [0.4, 0.5) is 0 Å². The van der Waals surface area contributed by atoms with Crippen LogP contribution < -0.4 is 5.32 Å². The molecule has 7 heteroatoms. The number of aliphatic carboxylic acids is 2. The van der Waals surface area contributed by atoms with Crippen molar-refractivity contribution in [3.05, 3.63) is 71.8 Å². The third-order valence-electron chi connectivity index (χ3n) is 5.67. The van der Waals surface area contributed by atoms with Gasteiger partial charge in [-0.15, -0.1) is 0 Å². The van der Waals surface area contributed by atoms with Gasteiger partial charge in [0.05, 0.1) is 6.04 Å². The fourth-order valence-corrected chi connectivity index (χ4v) is 4.03. The van der Waals surface area contributed by atoms with Crippen molar-refractivity contribution < 1.29 is 24.6 Å². The van der Waals surface area contributed by atoms with Crippen LogP contribution in [0.1, 0.15) is 30.4 Å². The molecule has 0 bridgehead atoms. The van der Waals surface area contributed by atoms with E-state index >= 15 is 0 Å². The quantitative estimate of drug-likeness (QED) is 0.541. The van der Waals surface area contributed by atoms with Crippen molar-refractivity contribution in [1.82, 2.24) is 10.2 Å². The molecular weight excluding hydrogens is 396 g/mol. The Balaban J connectivity index is 1.77. The molecule has 3 atom stereocenters. The van der Waals surface area contributed by atoms with Crippen molar-refractivity contribution in [2.24, 2.45) is 0 Å². The average molecular weight is 424 g/mol. The monoisotopic (exact) mass is 424 g/mol. The largest absolute Gasteiger partial charge is 0.480 e. The lowest BCUT2D eigenvalue weighted by Crippen LogP contribution is -2.55. The van der Waals surface area contributed by atoms with Gasteiger partial charge in [-0.05, 0) is 43.2 Å². The molecule has 1 aliphatic rings. The zero-order valence-electron chi connectivity index (χ0n) is 17.3. The minimum Gasteiger partial charge on any atom is -0.480 e. The SMILES string of the molecule is O=C(O)C(CCc1ccccc1)N[C@@H](Cc1ccccc1)C(=O)N1CCC[C@H]1C(=O)O. The highest BCUT2D eigenvalue weighted by atomic mass is 16.4. The molecule has 2 aromatic rings. The van der Waals surface area contributed by atoms with Gasteiger partial charge in [0.2, 0.25) is 5.91 Å². The van der Waals surface area contributed by atoms with Crippen LogP contribution in [0.15, 0.2) is 60.7 Å². The number of aryl methyl sites for hydroxylation is 1. The lowest BCUT2D eigenvalue weighted by atomic mass is 10.0. The molecule has 0 aromatic heterocycles. The maximum absolute atomic E-state index is 13.3. The summed E-state index contributed by atoms with van der Waals surface area (Å²) >= 11 is 0. The molecule has 7 nitrogen and oxygen atoms in total. The maximum Gasteiger partial charge on any atom is 0.326 e. The van der Waals surface area contributed by atoms with Gasteiger partial charge in [-0.1, -0.05) is 60.7 Å². The van der Waals surface area contributed by atoms with Crippen molar-refractivity contribution in [3.8, 4) is 0 Å². The Bertz CT molecular complexity index is 887. The molecule has 2 aromatic carbocycles. The number of hydrogen-bond acceptors (Lipinski definition) is 4. The van der Waals surface area contributed by atoms with Gasteiger partial charge in [0.15, 0.2) is 0 Å². The standard InChI is InChI=1S/C24H28N2O5/c27-22(26-15-7-12-21(26)24(30)31)20(16-18-10-5-2-6-11-18)25-19(23(28)29)14-13-17-8-3-1-4-9-17/h1-6,8-11,19-21,25H,7,12-16H2,(H,28,29)(H,30,31)/t19?,20-,21-/m0/s1. The number of carbonyl (C=O) groups is 3. The number of carboxylic acids is 2. The molecule has 0 spiro atoms. The summed E-state index contributed by atoms with van der Waals surface area (Å²) in [6, 6.07) is 16.3. The zero-order valence-corrected chi connectivity index (χ0v) is 17.3. The predicted molar refractivity (Wildman–Crippen MR) is 116 cm³/mol. The molecule has 1 amide bonds. The molecule has 164 valence electrons. The summed E-state index contributed by atoms with van der Waals surface area (Å²) in [5.41, 5.74) is 1.90. The first-order chi connectivity index (χ1) is 15.0. The molecule has 31 heavy (non-hydrogen) atoms. The number of carboxylic acid groups (broad SMARTS) is 2. The smallest absolute Gasteiger partial charge is 0.326 e. The number of hydrogen-bond donors (Lipinski definition) is 3. The second kappa shape index (κ2) is 10.7. The third kappa shape index (κ3) is 6.15. The highest BCUT2D eigenvalue weighted by Crippen LogP contribution is 2.20. The summed E-state index contributed by atoms with van der Waals surface area (Å²) in [6.07, 6.45) is 2.20. The molecule has 1 saturated heterocycles. The summed E-state index contributed by atoms with van der Waals surface area (Å²) in [5.74, 6) is -2.42. The molecule has 1 aliphatic heterocycles. The van der Waals surface area contributed by atoms with Crippen molar-refractivity contribution in [3.63, 3.8) is 0 Å². The van der Waals surface area contributed by atoms with Crippen LogP contribution in [-0.4, -0.2) is 57.6 Å². The Kier molecular flexibility index (Phi) is 7.78. The summed E-state index contributed by atoms with van der Waals surface area (Å²) in [7, 11) is 0. The van der Waals surface area contributed by atoms with Gasteiger partial charge in [0.25, 0.3) is 0 Å². The molecule has 1 unspecified atom stereocenters. The van der Waals surface area contributed by atoms with Gasteiger partial charge in [-0.3, -0.25) is 14.9 Å². The van der Waals surface area contributed by atoms with Gasteiger partial charge in [0.1, 0.15) is 12.1 Å². The van der Waals surface area contributed by atoms with Crippen molar-refractivity contribution in [2.45, 2.75) is 50.2 Å². The lowest BCUT2D eigenvalue weighted by molar-refractivity contribution is -0.149. The van der Waals surface area contributed by atoms with Crippen LogP contribution >= 0.6 is 0 Å². The van der Waals surface area contributed by atoms with Gasteiger partial charge >= 0.3 is 11.9 Å². The van der Waals surface area contributed by atoms with Crippen molar-refractivity contribution >= 4 is 17.8 Å². The first kappa shape index (κ1) is 22.5. The molecule has 0 radical (unpaired) electrons. The fourth-order valence-electron chi connectivity index (χ4n) is 4.03. The highest BCUT2D eigenvalue weighted by molar-refractivity contribution is 5.88. The Morgan fingerprint density at radius 1 is 0.935 bits per heavy atom. The van der Waals surface area contributed by atoms with Crippen molar-refractivity contribution in [1.29, 1.82) is 0 Å². The van der Waals surface area contributed by atoms with Gasteiger partial charge in [-0.25, -0.2) is 4.79 Å². The maximum atomic E-state index is 13.3. The van der Waals surface area contributed by atoms with E-state index in [0.717, 1.165) is 11.1 Å². The molecule has 1 fully saturated rings. The van der Waals surface area contributed by atoms with E-state index in [-0.39, 0.29) is 12.3 Å². The van der Waals surface area contributed by atoms with E-state index in [2.05, 4.69) is 5.32 Å². The fraction of sp³-hybridized carbons (Fsp3) is 0.375. The van der Waals surface area contributed by atoms with E-state index in [1.165, 1.54) is 4.90 Å². The Morgan fingerprint density at radius 2 is 1.55 bits per heavy atom. The average Bonchev–Trinajstić information content (AvgIpc) is 3.27. The summed E-state index contributed by atoms with van der Waals surface area (Å²) < 4.78 is 0. The predicted octanol–water partition coefficient (Wildman–Crippen LogP) is 2.35. The Hall–Kier alpha value is -3.19. The van der Waals surface area contributed by atoms with Gasteiger partial charge in [-0.2, -0.15) is 0 Å². The number of carbonyl (C=O) groups excluding carboxylic acids is 1. The highest BCUT2D eigenvalue weighted by Gasteiger charge is 2.38. The summed E-state index contributed by atoms with van der Waals surface area (Å²) in [4.78, 5) is 38.2. The number of nitrogens with zero attached hydrogens (tertiary/aromatic N) is 1. The zero-order chi connectivity index (χ0) is 22.2. The van der Waals surface area contributed by atoms with Crippen LogP contribution in [0.3, 0.4) is 0 Å². The topological polar surface area (TPSA) is 107 Å². The molecule has 3 rings (SSSR count). The summed E-state index contributed by atoms with van der Waals surface area (Å²) in [5, 5.41) is 22.3. The van der Waals surface area contributed by atoms with Crippen LogP contribution in [0, 0.1) is 0 Å². The number of benzene rings is 2. The molecule has 0 saturated carbocycles. The number of likely N-dealkylation sites (tertiary alicyclic amines) is 1. The van der Waals surface area contributed by atoms with E-state index in [9.17, 15) is 24.6 Å². The van der Waals surface area contributed by atoms with Crippen molar-refractivity contribution in [2.75, 3.05) is 6.54 Å². The Morgan fingerprint density at radius 3 is 2.13 bits per heavy atom. The van der Waals surface area contributed by atoms with E-state index in [0.29, 0.717) is 32.2 Å². The van der Waals surface area contributed by atoms with Crippen LogP contribution in [0.5, 0.6) is 0 Å². The van der Waals surface area contributed by atoms with E-state index < -0.39 is 30.1 Å². The second-order valence-electron chi connectivity index (χ2n) is 7.85.